The third kappa shape index (κ3) is 7.85. The molecule has 16 heavy (non-hydrogen) atoms. The first-order chi connectivity index (χ1) is 7.72. The minimum Gasteiger partial charge on any atom is -0.508 e. The third-order valence-electron chi connectivity index (χ3n) is 1.47. The Hall–Kier alpha value is -1.51. The van der Waals surface area contributed by atoms with Gasteiger partial charge in [-0.25, -0.2) is 0 Å². The zero-order chi connectivity index (χ0) is 13.0. The summed E-state index contributed by atoms with van der Waals surface area (Å²) >= 11 is 0. The molecule has 2 N–H and O–H groups in total. The van der Waals surface area contributed by atoms with Crippen LogP contribution in [0, 0.1) is 0 Å². The highest BCUT2D eigenvalue weighted by Gasteiger charge is 1.97. The van der Waals surface area contributed by atoms with Gasteiger partial charge < -0.3 is 10.4 Å². The van der Waals surface area contributed by atoms with Gasteiger partial charge in [0.25, 0.3) is 0 Å². The van der Waals surface area contributed by atoms with Gasteiger partial charge in [-0.15, -0.1) is 0 Å². The molecule has 0 unspecified atom stereocenters. The second-order valence-electron chi connectivity index (χ2n) is 2.45. The van der Waals surface area contributed by atoms with E-state index in [1.54, 1.807) is 19.1 Å². The van der Waals surface area contributed by atoms with Crippen LogP contribution in [0.4, 0.5) is 5.69 Å². The largest absolute Gasteiger partial charge is 0.508 e. The zero-order valence-electron chi connectivity index (χ0n) is 10.9. The van der Waals surface area contributed by atoms with E-state index in [1.165, 1.54) is 12.1 Å². The lowest BCUT2D eigenvalue weighted by molar-refractivity contribution is -0.115. The van der Waals surface area contributed by atoms with Crippen LogP contribution in [0.5, 0.6) is 5.75 Å². The number of carbonyl (C=O) groups is 1. The Kier molecular flexibility index (Phi) is 12.2. The van der Waals surface area contributed by atoms with Crippen LogP contribution >= 0.6 is 0 Å². The lowest BCUT2D eigenvalue weighted by atomic mass is 10.3. The number of carbonyl (C=O) groups excluding carboxylic acids is 1. The molecule has 0 atom stereocenters. The fourth-order valence-electron chi connectivity index (χ4n) is 0.794. The summed E-state index contributed by atoms with van der Waals surface area (Å²) in [6, 6.07) is 6.38. The molecule has 1 amide bonds. The number of hydrogen-bond donors (Lipinski definition) is 2. The molecule has 92 valence electrons. The van der Waals surface area contributed by atoms with Crippen LogP contribution in [-0.2, 0) is 4.79 Å². The molecule has 0 radical (unpaired) electrons. The second kappa shape index (κ2) is 11.6. The maximum atomic E-state index is 10.9. The monoisotopic (exact) mass is 225 g/mol. The molecular weight excluding hydrogens is 202 g/mol. The van der Waals surface area contributed by atoms with Gasteiger partial charge in [-0.3, -0.25) is 4.79 Å². The Balaban J connectivity index is 0. The SMILES string of the molecule is CC.CC.CCC(=O)Nc1ccc(O)cc1. The zero-order valence-corrected chi connectivity index (χ0v) is 10.9. The van der Waals surface area contributed by atoms with Crippen molar-refractivity contribution in [3.05, 3.63) is 24.3 Å². The maximum Gasteiger partial charge on any atom is 0.224 e. The van der Waals surface area contributed by atoms with E-state index in [0.717, 1.165) is 0 Å². The minimum absolute atomic E-state index is 0.0271. The van der Waals surface area contributed by atoms with Crippen LogP contribution in [0.2, 0.25) is 0 Å². The Morgan fingerprint density at radius 1 is 1.12 bits per heavy atom. The smallest absolute Gasteiger partial charge is 0.224 e. The lowest BCUT2D eigenvalue weighted by Gasteiger charge is -2.02. The van der Waals surface area contributed by atoms with E-state index in [9.17, 15) is 4.79 Å². The van der Waals surface area contributed by atoms with Gasteiger partial charge in [0.1, 0.15) is 5.75 Å². The Morgan fingerprint density at radius 3 is 1.94 bits per heavy atom. The number of aromatic hydroxyl groups is 1. The van der Waals surface area contributed by atoms with Crippen LogP contribution in [0.15, 0.2) is 24.3 Å². The number of amides is 1. The van der Waals surface area contributed by atoms with Crippen LogP contribution in [-0.4, -0.2) is 11.0 Å². The molecule has 3 heteroatoms. The second-order valence-corrected chi connectivity index (χ2v) is 2.45. The lowest BCUT2D eigenvalue weighted by Crippen LogP contribution is -2.08. The van der Waals surface area contributed by atoms with Crippen LogP contribution in [0.25, 0.3) is 0 Å². The number of hydrogen-bond acceptors (Lipinski definition) is 2. The van der Waals surface area contributed by atoms with Crippen LogP contribution in [0.1, 0.15) is 41.0 Å². The molecule has 1 aromatic rings. The molecule has 0 saturated carbocycles. The topological polar surface area (TPSA) is 49.3 Å². The Morgan fingerprint density at radius 2 is 1.56 bits per heavy atom. The number of anilines is 1. The highest BCUT2D eigenvalue weighted by atomic mass is 16.3. The van der Waals surface area contributed by atoms with Crippen molar-refractivity contribution < 1.29 is 9.90 Å². The van der Waals surface area contributed by atoms with Gasteiger partial charge in [0.15, 0.2) is 0 Å². The van der Waals surface area contributed by atoms with Gasteiger partial charge in [-0.1, -0.05) is 34.6 Å². The van der Waals surface area contributed by atoms with Crippen molar-refractivity contribution in [3.63, 3.8) is 0 Å². The van der Waals surface area contributed by atoms with E-state index in [-0.39, 0.29) is 11.7 Å². The molecule has 1 rings (SSSR count). The Labute approximate surface area is 98.5 Å². The first kappa shape index (κ1) is 16.9. The first-order valence-corrected chi connectivity index (χ1v) is 5.81. The molecule has 0 saturated heterocycles. The van der Waals surface area contributed by atoms with Gasteiger partial charge in [-0.2, -0.15) is 0 Å². The summed E-state index contributed by atoms with van der Waals surface area (Å²) in [6.07, 6.45) is 0.459. The molecule has 0 aliphatic rings. The van der Waals surface area contributed by atoms with Crippen molar-refractivity contribution in [1.82, 2.24) is 0 Å². The van der Waals surface area contributed by atoms with E-state index in [4.69, 9.17) is 5.11 Å². The number of rotatable bonds is 2. The van der Waals surface area contributed by atoms with E-state index >= 15 is 0 Å². The summed E-state index contributed by atoms with van der Waals surface area (Å²) in [7, 11) is 0. The maximum absolute atomic E-state index is 10.9. The van der Waals surface area contributed by atoms with Gasteiger partial charge in [0.2, 0.25) is 5.91 Å². The predicted octanol–water partition coefficient (Wildman–Crippen LogP) is 3.79. The molecule has 0 heterocycles. The standard InChI is InChI=1S/C9H11NO2.2C2H6/c1-2-9(12)10-7-3-5-8(11)6-4-7;2*1-2/h3-6,11H,2H2,1H3,(H,10,12);2*1-2H3. The first-order valence-electron chi connectivity index (χ1n) is 5.81. The number of phenols is 1. The quantitative estimate of drug-likeness (QED) is 0.752. The van der Waals surface area contributed by atoms with Gasteiger partial charge in [0, 0.05) is 12.1 Å². The number of nitrogens with one attached hydrogen (secondary N) is 1. The highest BCUT2D eigenvalue weighted by molar-refractivity contribution is 5.90. The molecule has 1 aromatic carbocycles. The van der Waals surface area contributed by atoms with Gasteiger partial charge >= 0.3 is 0 Å². The summed E-state index contributed by atoms with van der Waals surface area (Å²) in [5.41, 5.74) is 0.708. The molecule has 0 aromatic heterocycles. The predicted molar refractivity (Wildman–Crippen MR) is 69.7 cm³/mol. The van der Waals surface area contributed by atoms with Crippen molar-refractivity contribution >= 4 is 11.6 Å². The molecule has 0 bridgehead atoms. The van der Waals surface area contributed by atoms with E-state index in [2.05, 4.69) is 5.32 Å². The Bertz CT molecular complexity index is 268. The van der Waals surface area contributed by atoms with Crippen LogP contribution in [0.3, 0.4) is 0 Å². The molecular formula is C13H23NO2. The van der Waals surface area contributed by atoms with E-state index < -0.39 is 0 Å². The normalized spacial score (nSPS) is 7.81. The van der Waals surface area contributed by atoms with Crippen molar-refractivity contribution in [2.75, 3.05) is 5.32 Å². The number of phenolic OH excluding ortho intramolecular Hbond substituents is 1. The van der Waals surface area contributed by atoms with Crippen molar-refractivity contribution in [2.45, 2.75) is 41.0 Å². The summed E-state index contributed by atoms with van der Waals surface area (Å²) in [5, 5.41) is 11.6. The summed E-state index contributed by atoms with van der Waals surface area (Å²) in [6.45, 7) is 9.79. The third-order valence-corrected chi connectivity index (χ3v) is 1.47. The highest BCUT2D eigenvalue weighted by Crippen LogP contribution is 2.13. The average molecular weight is 225 g/mol. The number of benzene rings is 1. The van der Waals surface area contributed by atoms with Crippen molar-refractivity contribution in [3.8, 4) is 5.75 Å². The molecule has 0 fully saturated rings. The summed E-state index contributed by atoms with van der Waals surface area (Å²) in [5.74, 6) is 0.171. The van der Waals surface area contributed by atoms with Gasteiger partial charge in [0.05, 0.1) is 0 Å². The average Bonchev–Trinajstić information content (AvgIpc) is 2.37. The molecule has 0 aliphatic heterocycles. The summed E-state index contributed by atoms with van der Waals surface area (Å²) in [4.78, 5) is 10.9. The molecule has 0 aliphatic carbocycles. The van der Waals surface area contributed by atoms with E-state index in [0.29, 0.717) is 12.1 Å². The molecule has 3 nitrogen and oxygen atoms in total. The molecule has 0 spiro atoms. The summed E-state index contributed by atoms with van der Waals surface area (Å²) < 4.78 is 0. The fraction of sp³-hybridized carbons (Fsp3) is 0.462. The van der Waals surface area contributed by atoms with Crippen molar-refractivity contribution in [2.24, 2.45) is 0 Å². The van der Waals surface area contributed by atoms with Crippen molar-refractivity contribution in [1.29, 1.82) is 0 Å². The van der Waals surface area contributed by atoms with E-state index in [1.807, 2.05) is 27.7 Å². The minimum atomic E-state index is -0.0271. The van der Waals surface area contributed by atoms with Crippen LogP contribution < -0.4 is 5.32 Å². The van der Waals surface area contributed by atoms with Gasteiger partial charge in [-0.05, 0) is 24.3 Å². The fourth-order valence-corrected chi connectivity index (χ4v) is 0.794.